The van der Waals surface area contributed by atoms with Crippen molar-refractivity contribution in [2.24, 2.45) is 18.9 Å². The topological polar surface area (TPSA) is 76.5 Å². The molecule has 1 N–H and O–H groups in total. The Bertz CT molecular complexity index is 692. The Hall–Kier alpha value is -1.89. The maximum atomic E-state index is 12.5. The zero-order valence-electron chi connectivity index (χ0n) is 16.0. The summed E-state index contributed by atoms with van der Waals surface area (Å²) in [6.45, 7) is 7.27. The van der Waals surface area contributed by atoms with Crippen molar-refractivity contribution in [2.45, 2.75) is 45.1 Å². The first kappa shape index (κ1) is 18.9. The molecule has 7 heteroatoms. The summed E-state index contributed by atoms with van der Waals surface area (Å²) in [7, 11) is 1.65. The molecular formula is C19H30N4O3. The summed E-state index contributed by atoms with van der Waals surface area (Å²) in [5, 5.41) is 7.24. The predicted molar refractivity (Wildman–Crippen MR) is 100 cm³/mol. The van der Waals surface area contributed by atoms with Crippen LogP contribution in [0.4, 0.5) is 5.69 Å². The summed E-state index contributed by atoms with van der Waals surface area (Å²) in [5.41, 5.74) is 0.600. The number of hydrogen-bond donors (Lipinski definition) is 1. The SMILES string of the molecule is Cn1ncc(N2CCC(CNC(=O)[C@@H]3CCOC(C)(C)C3)CC2)cc1=O. The summed E-state index contributed by atoms with van der Waals surface area (Å²) in [4.78, 5) is 26.4. The Morgan fingerprint density at radius 1 is 1.35 bits per heavy atom. The fourth-order valence-corrected chi connectivity index (χ4v) is 3.87. The molecule has 2 fully saturated rings. The van der Waals surface area contributed by atoms with Crippen molar-refractivity contribution >= 4 is 11.6 Å². The maximum Gasteiger partial charge on any atom is 0.268 e. The van der Waals surface area contributed by atoms with Gasteiger partial charge < -0.3 is 15.0 Å². The van der Waals surface area contributed by atoms with E-state index in [0.717, 1.165) is 51.0 Å². The second kappa shape index (κ2) is 7.78. The molecule has 144 valence electrons. The van der Waals surface area contributed by atoms with Gasteiger partial charge in [-0.2, -0.15) is 5.10 Å². The van der Waals surface area contributed by atoms with Crippen LogP contribution in [-0.4, -0.2) is 47.5 Å². The number of hydrogen-bond acceptors (Lipinski definition) is 5. The van der Waals surface area contributed by atoms with Gasteiger partial charge in [0.25, 0.3) is 5.56 Å². The van der Waals surface area contributed by atoms with Crippen molar-refractivity contribution in [3.05, 3.63) is 22.6 Å². The molecule has 2 aliphatic rings. The first-order valence-corrected chi connectivity index (χ1v) is 9.54. The fraction of sp³-hybridized carbons (Fsp3) is 0.737. The number of aromatic nitrogens is 2. The van der Waals surface area contributed by atoms with E-state index in [1.165, 1.54) is 4.68 Å². The number of ether oxygens (including phenoxy) is 1. The highest BCUT2D eigenvalue weighted by molar-refractivity contribution is 5.78. The lowest BCUT2D eigenvalue weighted by Gasteiger charge is -2.36. The molecule has 26 heavy (non-hydrogen) atoms. The number of anilines is 1. The highest BCUT2D eigenvalue weighted by atomic mass is 16.5. The number of piperidine rings is 1. The average molecular weight is 362 g/mol. The molecule has 1 aromatic rings. The highest BCUT2D eigenvalue weighted by Crippen LogP contribution is 2.29. The van der Waals surface area contributed by atoms with Crippen LogP contribution in [0.1, 0.15) is 39.5 Å². The molecular weight excluding hydrogens is 332 g/mol. The van der Waals surface area contributed by atoms with E-state index in [1.54, 1.807) is 19.3 Å². The Kier molecular flexibility index (Phi) is 5.65. The van der Waals surface area contributed by atoms with Crippen molar-refractivity contribution in [1.29, 1.82) is 0 Å². The van der Waals surface area contributed by atoms with Crippen LogP contribution in [-0.2, 0) is 16.6 Å². The number of carbonyl (C=O) groups excluding carboxylic acids is 1. The number of aryl methyl sites for hydroxylation is 1. The first-order valence-electron chi connectivity index (χ1n) is 9.54. The molecule has 0 spiro atoms. The number of rotatable bonds is 4. The third-order valence-corrected chi connectivity index (χ3v) is 5.57. The Morgan fingerprint density at radius 2 is 2.08 bits per heavy atom. The van der Waals surface area contributed by atoms with Crippen LogP contribution in [0.25, 0.3) is 0 Å². The van der Waals surface area contributed by atoms with Crippen LogP contribution >= 0.6 is 0 Å². The first-order chi connectivity index (χ1) is 12.3. The van der Waals surface area contributed by atoms with Gasteiger partial charge in [0.05, 0.1) is 17.5 Å². The average Bonchev–Trinajstić information content (AvgIpc) is 2.61. The van der Waals surface area contributed by atoms with E-state index in [1.807, 2.05) is 13.8 Å². The predicted octanol–water partition coefficient (Wildman–Crippen LogP) is 1.32. The molecule has 7 nitrogen and oxygen atoms in total. The normalized spacial score (nSPS) is 23.7. The Morgan fingerprint density at radius 3 is 2.73 bits per heavy atom. The molecule has 1 amide bonds. The van der Waals surface area contributed by atoms with Crippen molar-refractivity contribution in [3.8, 4) is 0 Å². The molecule has 0 unspecified atom stereocenters. The van der Waals surface area contributed by atoms with Crippen LogP contribution in [0.3, 0.4) is 0 Å². The zero-order chi connectivity index (χ0) is 18.7. The number of amides is 1. The molecule has 0 saturated carbocycles. The molecule has 2 saturated heterocycles. The van der Waals surface area contributed by atoms with E-state index in [9.17, 15) is 9.59 Å². The lowest BCUT2D eigenvalue weighted by Crippen LogP contribution is -2.44. The van der Waals surface area contributed by atoms with E-state index in [-0.39, 0.29) is 23.0 Å². The van der Waals surface area contributed by atoms with Crippen LogP contribution in [0.15, 0.2) is 17.1 Å². The van der Waals surface area contributed by atoms with Crippen LogP contribution in [0, 0.1) is 11.8 Å². The summed E-state index contributed by atoms with van der Waals surface area (Å²) in [5.74, 6) is 0.715. The molecule has 3 rings (SSSR count). The van der Waals surface area contributed by atoms with Gasteiger partial charge in [0.15, 0.2) is 0 Å². The smallest absolute Gasteiger partial charge is 0.268 e. The van der Waals surface area contributed by atoms with Crippen molar-refractivity contribution < 1.29 is 9.53 Å². The standard InChI is InChI=1S/C19H30N4O3/c1-19(2)11-15(6-9-26-19)18(25)20-12-14-4-7-23(8-5-14)16-10-17(24)22(3)21-13-16/h10,13-15H,4-9,11-12H2,1-3H3,(H,20,25)/t15-/m1/s1. The van der Waals surface area contributed by atoms with Gasteiger partial charge in [0.1, 0.15) is 0 Å². The summed E-state index contributed by atoms with van der Waals surface area (Å²) in [6.07, 6.45) is 5.36. The molecule has 2 aliphatic heterocycles. The third kappa shape index (κ3) is 4.63. The second-order valence-corrected chi connectivity index (χ2v) is 8.15. The van der Waals surface area contributed by atoms with Crippen molar-refractivity contribution in [1.82, 2.24) is 15.1 Å². The molecule has 1 atom stereocenters. The van der Waals surface area contributed by atoms with Crippen LogP contribution in [0.5, 0.6) is 0 Å². The minimum atomic E-state index is -0.202. The molecule has 0 bridgehead atoms. The van der Waals surface area contributed by atoms with Crippen molar-refractivity contribution in [2.75, 3.05) is 31.1 Å². The van der Waals surface area contributed by atoms with Crippen LogP contribution in [0.2, 0.25) is 0 Å². The zero-order valence-corrected chi connectivity index (χ0v) is 16.0. The minimum Gasteiger partial charge on any atom is -0.376 e. The van der Waals surface area contributed by atoms with E-state index < -0.39 is 0 Å². The summed E-state index contributed by atoms with van der Waals surface area (Å²) < 4.78 is 7.03. The molecule has 1 aromatic heterocycles. The Balaban J connectivity index is 1.44. The number of carbonyl (C=O) groups is 1. The second-order valence-electron chi connectivity index (χ2n) is 8.15. The number of nitrogens with one attached hydrogen (secondary N) is 1. The van der Waals surface area contributed by atoms with Gasteiger partial charge in [-0.05, 0) is 45.4 Å². The minimum absolute atomic E-state index is 0.0606. The quantitative estimate of drug-likeness (QED) is 0.874. The summed E-state index contributed by atoms with van der Waals surface area (Å²) in [6, 6.07) is 1.64. The fourth-order valence-electron chi connectivity index (χ4n) is 3.87. The van der Waals surface area contributed by atoms with Crippen molar-refractivity contribution in [3.63, 3.8) is 0 Å². The summed E-state index contributed by atoms with van der Waals surface area (Å²) >= 11 is 0. The van der Waals surface area contributed by atoms with Gasteiger partial charge in [-0.1, -0.05) is 0 Å². The van der Waals surface area contributed by atoms with Gasteiger partial charge in [0, 0.05) is 45.3 Å². The monoisotopic (exact) mass is 362 g/mol. The highest BCUT2D eigenvalue weighted by Gasteiger charge is 2.33. The van der Waals surface area contributed by atoms with E-state index in [2.05, 4.69) is 15.3 Å². The molecule has 3 heterocycles. The molecule has 0 aliphatic carbocycles. The van der Waals surface area contributed by atoms with Gasteiger partial charge in [-0.15, -0.1) is 0 Å². The van der Waals surface area contributed by atoms with E-state index in [0.29, 0.717) is 12.5 Å². The largest absolute Gasteiger partial charge is 0.376 e. The van der Waals surface area contributed by atoms with Gasteiger partial charge in [-0.25, -0.2) is 4.68 Å². The van der Waals surface area contributed by atoms with Crippen LogP contribution < -0.4 is 15.8 Å². The molecule has 0 radical (unpaired) electrons. The van der Waals surface area contributed by atoms with Gasteiger partial charge in [0.2, 0.25) is 5.91 Å². The van der Waals surface area contributed by atoms with Gasteiger partial charge >= 0.3 is 0 Å². The van der Waals surface area contributed by atoms with E-state index >= 15 is 0 Å². The van der Waals surface area contributed by atoms with Gasteiger partial charge in [-0.3, -0.25) is 9.59 Å². The third-order valence-electron chi connectivity index (χ3n) is 5.57. The lowest BCUT2D eigenvalue weighted by molar-refractivity contribution is -0.135. The number of nitrogens with zero attached hydrogens (tertiary/aromatic N) is 3. The maximum absolute atomic E-state index is 12.5. The van der Waals surface area contributed by atoms with E-state index in [4.69, 9.17) is 4.74 Å². The Labute approximate surface area is 154 Å². The lowest BCUT2D eigenvalue weighted by atomic mass is 9.87. The molecule has 0 aromatic carbocycles.